The molecule has 1 unspecified atom stereocenters. The number of nitrogens with one attached hydrogen (secondary N) is 2. The molecule has 0 spiro atoms. The lowest BCUT2D eigenvalue weighted by Crippen LogP contribution is -2.20. The third kappa shape index (κ3) is 1.57. The zero-order valence-corrected chi connectivity index (χ0v) is 8.77. The fraction of sp³-hybridized carbons (Fsp3) is 0.727. The number of hydrogen-bond donors (Lipinski definition) is 3. The number of allylic oxidation sites excluding steroid dienone is 1. The van der Waals surface area contributed by atoms with Gasteiger partial charge in [-0.3, -0.25) is 0 Å². The van der Waals surface area contributed by atoms with Crippen LogP contribution in [0.15, 0.2) is 11.3 Å². The molecule has 2 fully saturated rings. The van der Waals surface area contributed by atoms with Crippen LogP contribution in [0.1, 0.15) is 26.2 Å². The summed E-state index contributed by atoms with van der Waals surface area (Å²) in [5.74, 6) is 0.477. The first-order valence-electron chi connectivity index (χ1n) is 5.39. The number of hydrogen-bond acceptors (Lipinski definition) is 3. The average molecular weight is 193 g/mol. The van der Waals surface area contributed by atoms with Gasteiger partial charge in [-0.05, 0) is 31.4 Å². The van der Waals surface area contributed by atoms with Crippen molar-refractivity contribution in [1.82, 2.24) is 5.32 Å². The quantitative estimate of drug-likeness (QED) is 0.591. The van der Waals surface area contributed by atoms with Crippen LogP contribution in [0.3, 0.4) is 0 Å². The Morgan fingerprint density at radius 2 is 2.29 bits per heavy atom. The molecule has 78 valence electrons. The van der Waals surface area contributed by atoms with E-state index in [1.807, 2.05) is 0 Å². The molecule has 1 heterocycles. The van der Waals surface area contributed by atoms with E-state index < -0.39 is 0 Å². The second-order valence-electron chi connectivity index (χ2n) is 4.76. The van der Waals surface area contributed by atoms with Crippen molar-refractivity contribution in [3.8, 4) is 0 Å². The van der Waals surface area contributed by atoms with Crippen molar-refractivity contribution in [3.05, 3.63) is 11.3 Å². The topological polar surface area (TPSA) is 61.9 Å². The molecule has 0 aromatic carbocycles. The second kappa shape index (κ2) is 3.39. The Kier molecular flexibility index (Phi) is 2.35. The molecule has 2 rings (SSSR count). The molecule has 0 aromatic heterocycles. The van der Waals surface area contributed by atoms with E-state index in [-0.39, 0.29) is 5.41 Å². The molecule has 2 aliphatic rings. The lowest BCUT2D eigenvalue weighted by atomic mass is 9.91. The molecular weight excluding hydrogens is 174 g/mol. The lowest BCUT2D eigenvalue weighted by Gasteiger charge is -2.17. The van der Waals surface area contributed by atoms with Crippen LogP contribution in [0.5, 0.6) is 0 Å². The summed E-state index contributed by atoms with van der Waals surface area (Å²) >= 11 is 0. The van der Waals surface area contributed by atoms with Crippen molar-refractivity contribution >= 4 is 6.21 Å². The van der Waals surface area contributed by atoms with Gasteiger partial charge in [-0.2, -0.15) is 0 Å². The van der Waals surface area contributed by atoms with Crippen LogP contribution in [0.25, 0.3) is 0 Å². The first-order valence-corrected chi connectivity index (χ1v) is 5.39. The molecule has 0 radical (unpaired) electrons. The minimum absolute atomic E-state index is 0.218. The minimum atomic E-state index is 0.218. The molecule has 4 N–H and O–H groups in total. The SMILES string of the molecule is CC1(/C(N)=C(/C=N)C2CCNC2)CC1. The van der Waals surface area contributed by atoms with Crippen molar-refractivity contribution in [3.63, 3.8) is 0 Å². The fourth-order valence-electron chi connectivity index (χ4n) is 2.14. The number of nitrogens with two attached hydrogens (primary N) is 1. The molecule has 3 nitrogen and oxygen atoms in total. The van der Waals surface area contributed by atoms with Crippen LogP contribution in [0.2, 0.25) is 0 Å². The second-order valence-corrected chi connectivity index (χ2v) is 4.76. The van der Waals surface area contributed by atoms with Crippen molar-refractivity contribution in [2.24, 2.45) is 17.1 Å². The van der Waals surface area contributed by atoms with E-state index in [0.29, 0.717) is 5.92 Å². The van der Waals surface area contributed by atoms with Crippen LogP contribution in [0, 0.1) is 16.7 Å². The zero-order valence-electron chi connectivity index (χ0n) is 8.77. The van der Waals surface area contributed by atoms with E-state index in [9.17, 15) is 0 Å². The fourth-order valence-corrected chi connectivity index (χ4v) is 2.14. The van der Waals surface area contributed by atoms with Crippen molar-refractivity contribution in [1.29, 1.82) is 5.41 Å². The smallest absolute Gasteiger partial charge is 0.0230 e. The molecular formula is C11H19N3. The normalized spacial score (nSPS) is 31.1. The maximum Gasteiger partial charge on any atom is 0.0230 e. The Hall–Kier alpha value is -0.830. The van der Waals surface area contributed by atoms with Crippen molar-refractivity contribution in [2.45, 2.75) is 26.2 Å². The van der Waals surface area contributed by atoms with Gasteiger partial charge in [0.25, 0.3) is 0 Å². The summed E-state index contributed by atoms with van der Waals surface area (Å²) < 4.78 is 0. The van der Waals surface area contributed by atoms with Crippen LogP contribution < -0.4 is 11.1 Å². The third-order valence-electron chi connectivity index (χ3n) is 3.62. The van der Waals surface area contributed by atoms with Gasteiger partial charge in [-0.15, -0.1) is 0 Å². The zero-order chi connectivity index (χ0) is 10.2. The van der Waals surface area contributed by atoms with E-state index in [1.165, 1.54) is 19.1 Å². The van der Waals surface area contributed by atoms with Gasteiger partial charge in [0.2, 0.25) is 0 Å². The molecule has 1 saturated heterocycles. The maximum atomic E-state index is 7.47. The summed E-state index contributed by atoms with van der Waals surface area (Å²) in [7, 11) is 0. The Balaban J connectivity index is 2.21. The Morgan fingerprint density at radius 3 is 2.71 bits per heavy atom. The molecule has 1 atom stereocenters. The largest absolute Gasteiger partial charge is 0.401 e. The minimum Gasteiger partial charge on any atom is -0.401 e. The van der Waals surface area contributed by atoms with Crippen LogP contribution >= 0.6 is 0 Å². The van der Waals surface area contributed by atoms with Gasteiger partial charge >= 0.3 is 0 Å². The highest BCUT2D eigenvalue weighted by molar-refractivity contribution is 5.78. The van der Waals surface area contributed by atoms with Gasteiger partial charge in [0.1, 0.15) is 0 Å². The molecule has 0 bridgehead atoms. The highest BCUT2D eigenvalue weighted by Crippen LogP contribution is 2.50. The third-order valence-corrected chi connectivity index (χ3v) is 3.62. The molecule has 0 amide bonds. The van der Waals surface area contributed by atoms with Gasteiger partial charge in [0, 0.05) is 29.8 Å². The summed E-state index contributed by atoms with van der Waals surface area (Å²) in [4.78, 5) is 0. The van der Waals surface area contributed by atoms with Gasteiger partial charge in [0.05, 0.1) is 0 Å². The van der Waals surface area contributed by atoms with Crippen LogP contribution in [0.4, 0.5) is 0 Å². The molecule has 0 aromatic rings. The predicted octanol–water partition coefficient (Wildman–Crippen LogP) is 1.26. The van der Waals surface area contributed by atoms with Crippen LogP contribution in [-0.2, 0) is 0 Å². The maximum absolute atomic E-state index is 7.47. The molecule has 3 heteroatoms. The van der Waals surface area contributed by atoms with Gasteiger partial charge < -0.3 is 16.5 Å². The van der Waals surface area contributed by atoms with E-state index in [0.717, 1.165) is 30.8 Å². The summed E-state index contributed by atoms with van der Waals surface area (Å²) in [5, 5.41) is 10.8. The first kappa shape index (κ1) is 9.71. The highest BCUT2D eigenvalue weighted by Gasteiger charge is 2.42. The highest BCUT2D eigenvalue weighted by atomic mass is 14.9. The lowest BCUT2D eigenvalue weighted by molar-refractivity contribution is 0.628. The number of rotatable bonds is 3. The van der Waals surface area contributed by atoms with E-state index in [4.69, 9.17) is 11.1 Å². The van der Waals surface area contributed by atoms with Gasteiger partial charge in [-0.1, -0.05) is 6.92 Å². The first-order chi connectivity index (χ1) is 6.67. The molecule has 14 heavy (non-hydrogen) atoms. The Labute approximate surface area is 85.3 Å². The average Bonchev–Trinajstić information content (AvgIpc) is 2.73. The van der Waals surface area contributed by atoms with Gasteiger partial charge in [0.15, 0.2) is 0 Å². The van der Waals surface area contributed by atoms with E-state index in [2.05, 4.69) is 12.2 Å². The predicted molar refractivity (Wildman–Crippen MR) is 58.3 cm³/mol. The van der Waals surface area contributed by atoms with E-state index in [1.54, 1.807) is 0 Å². The Bertz CT molecular complexity index is 270. The van der Waals surface area contributed by atoms with Crippen LogP contribution in [-0.4, -0.2) is 19.3 Å². The van der Waals surface area contributed by atoms with E-state index >= 15 is 0 Å². The molecule has 1 aliphatic heterocycles. The summed E-state index contributed by atoms with van der Waals surface area (Å²) in [5.41, 5.74) is 8.42. The summed E-state index contributed by atoms with van der Waals surface area (Å²) in [6.45, 7) is 4.25. The summed E-state index contributed by atoms with van der Waals surface area (Å²) in [6.07, 6.45) is 4.98. The standard InChI is InChI=1S/C11H19N3/c1-11(3-4-11)10(13)9(6-12)8-2-5-14-7-8/h6,8,12,14H,2-5,7,13H2,1H3/b10-9+,12-6?. The Morgan fingerprint density at radius 1 is 1.57 bits per heavy atom. The van der Waals surface area contributed by atoms with Crippen molar-refractivity contribution < 1.29 is 0 Å². The monoisotopic (exact) mass is 193 g/mol. The van der Waals surface area contributed by atoms with Crippen molar-refractivity contribution in [2.75, 3.05) is 13.1 Å². The summed E-state index contributed by atoms with van der Waals surface area (Å²) in [6, 6.07) is 0. The molecule has 1 saturated carbocycles. The van der Waals surface area contributed by atoms with Gasteiger partial charge in [-0.25, -0.2) is 0 Å². The molecule has 1 aliphatic carbocycles.